The first kappa shape index (κ1) is 14.8. The average molecular weight is 334 g/mol. The van der Waals surface area contributed by atoms with Gasteiger partial charge in [-0.05, 0) is 12.1 Å². The van der Waals surface area contributed by atoms with Gasteiger partial charge in [-0.25, -0.2) is 18.4 Å². The lowest BCUT2D eigenvalue weighted by Gasteiger charge is -2.11. The predicted octanol–water partition coefficient (Wildman–Crippen LogP) is 2.59. The van der Waals surface area contributed by atoms with Gasteiger partial charge in [0.2, 0.25) is 0 Å². The van der Waals surface area contributed by atoms with Crippen LogP contribution in [0.15, 0.2) is 35.5 Å². The molecule has 1 aromatic heterocycles. The van der Waals surface area contributed by atoms with E-state index in [1.54, 1.807) is 0 Å². The molecule has 0 atom stereocenters. The Bertz CT molecular complexity index is 737. The second kappa shape index (κ2) is 5.82. The van der Waals surface area contributed by atoms with E-state index in [1.807, 2.05) is 0 Å². The second-order valence-corrected chi connectivity index (χ2v) is 6.04. The van der Waals surface area contributed by atoms with E-state index >= 15 is 0 Å². The van der Waals surface area contributed by atoms with Crippen molar-refractivity contribution in [2.75, 3.05) is 11.8 Å². The zero-order valence-corrected chi connectivity index (χ0v) is 12.5. The summed E-state index contributed by atoms with van der Waals surface area (Å²) in [6.07, 6.45) is 2.67. The van der Waals surface area contributed by atoms with Crippen molar-refractivity contribution >= 4 is 39.0 Å². The number of hydrogen-bond donors (Lipinski definition) is 1. The average Bonchev–Trinajstić information content (AvgIpc) is 2.40. The van der Waals surface area contributed by atoms with Gasteiger partial charge in [-0.2, -0.15) is 0 Å². The molecule has 1 heterocycles. The van der Waals surface area contributed by atoms with Gasteiger partial charge in [0.25, 0.3) is 10.0 Å². The van der Waals surface area contributed by atoms with Crippen LogP contribution >= 0.6 is 23.2 Å². The number of rotatable bonds is 4. The first-order chi connectivity index (χ1) is 9.44. The quantitative estimate of drug-likeness (QED) is 0.929. The number of nitrogens with one attached hydrogen (secondary N) is 1. The molecule has 1 aromatic carbocycles. The molecule has 0 unspecified atom stereocenters. The summed E-state index contributed by atoms with van der Waals surface area (Å²) >= 11 is 11.6. The fourth-order valence-corrected chi connectivity index (χ4v) is 2.97. The van der Waals surface area contributed by atoms with Gasteiger partial charge in [-0.15, -0.1) is 0 Å². The highest BCUT2D eigenvalue weighted by atomic mass is 35.5. The largest absolute Gasteiger partial charge is 0.495 e. The summed E-state index contributed by atoms with van der Waals surface area (Å²) in [5.74, 6) is 0.0520. The van der Waals surface area contributed by atoms with E-state index in [0.717, 1.165) is 0 Å². The summed E-state index contributed by atoms with van der Waals surface area (Å²) in [5.41, 5.74) is 0. The third kappa shape index (κ3) is 3.12. The van der Waals surface area contributed by atoms with Crippen molar-refractivity contribution in [1.82, 2.24) is 9.97 Å². The van der Waals surface area contributed by atoms with Crippen LogP contribution in [0.3, 0.4) is 0 Å². The molecule has 2 aromatic rings. The Balaban J connectivity index is 2.44. The van der Waals surface area contributed by atoms with Crippen molar-refractivity contribution in [3.8, 4) is 5.75 Å². The molecule has 0 amide bonds. The van der Waals surface area contributed by atoms with E-state index in [2.05, 4.69) is 14.7 Å². The Morgan fingerprint density at radius 2 is 1.90 bits per heavy atom. The lowest BCUT2D eigenvalue weighted by Crippen LogP contribution is -2.15. The summed E-state index contributed by atoms with van der Waals surface area (Å²) in [6, 6.07) is 4.17. The van der Waals surface area contributed by atoms with Crippen molar-refractivity contribution in [2.45, 2.75) is 4.90 Å². The van der Waals surface area contributed by atoms with Crippen LogP contribution in [-0.4, -0.2) is 25.5 Å². The van der Waals surface area contributed by atoms with Gasteiger partial charge < -0.3 is 4.74 Å². The number of sulfonamides is 1. The Labute approximate surface area is 125 Å². The van der Waals surface area contributed by atoms with Gasteiger partial charge in [0.1, 0.15) is 10.6 Å². The second-order valence-electron chi connectivity index (χ2n) is 3.60. The normalized spacial score (nSPS) is 11.2. The van der Waals surface area contributed by atoms with Gasteiger partial charge in [-0.3, -0.25) is 4.72 Å². The van der Waals surface area contributed by atoms with Gasteiger partial charge >= 0.3 is 0 Å². The minimum atomic E-state index is -3.92. The summed E-state index contributed by atoms with van der Waals surface area (Å²) in [6.45, 7) is 0. The SMILES string of the molecule is COc1cc(Cl)ccc1S(=O)(=O)Nc1nccnc1Cl. The van der Waals surface area contributed by atoms with Crippen LogP contribution in [0.4, 0.5) is 5.82 Å². The zero-order valence-electron chi connectivity index (χ0n) is 10.2. The molecule has 9 heteroatoms. The molecule has 6 nitrogen and oxygen atoms in total. The Morgan fingerprint density at radius 3 is 2.55 bits per heavy atom. The number of methoxy groups -OCH3 is 1. The predicted molar refractivity (Wildman–Crippen MR) is 75.9 cm³/mol. The van der Waals surface area contributed by atoms with Gasteiger partial charge in [0.05, 0.1) is 7.11 Å². The highest BCUT2D eigenvalue weighted by molar-refractivity contribution is 7.92. The van der Waals surface area contributed by atoms with Crippen LogP contribution in [-0.2, 0) is 10.0 Å². The Kier molecular flexibility index (Phi) is 4.32. The topological polar surface area (TPSA) is 81.2 Å². The molecule has 0 bridgehead atoms. The lowest BCUT2D eigenvalue weighted by molar-refractivity contribution is 0.403. The molecule has 0 spiro atoms. The maximum absolute atomic E-state index is 12.3. The van der Waals surface area contributed by atoms with Crippen LogP contribution in [0.2, 0.25) is 10.2 Å². The monoisotopic (exact) mass is 333 g/mol. The highest BCUT2D eigenvalue weighted by Gasteiger charge is 2.21. The number of ether oxygens (including phenoxy) is 1. The number of benzene rings is 1. The van der Waals surface area contributed by atoms with Gasteiger partial charge in [0.15, 0.2) is 11.0 Å². The minimum Gasteiger partial charge on any atom is -0.495 e. The summed E-state index contributed by atoms with van der Waals surface area (Å²) < 4.78 is 31.8. The van der Waals surface area contributed by atoms with Crippen molar-refractivity contribution < 1.29 is 13.2 Å². The third-order valence-electron chi connectivity index (χ3n) is 2.30. The fourth-order valence-electron chi connectivity index (χ4n) is 1.44. The minimum absolute atomic E-state index is 0.0518. The molecule has 106 valence electrons. The highest BCUT2D eigenvalue weighted by Crippen LogP contribution is 2.29. The number of anilines is 1. The van der Waals surface area contributed by atoms with Crippen LogP contribution in [0.25, 0.3) is 0 Å². The first-order valence-electron chi connectivity index (χ1n) is 5.27. The van der Waals surface area contributed by atoms with E-state index in [9.17, 15) is 8.42 Å². The smallest absolute Gasteiger partial charge is 0.266 e. The van der Waals surface area contributed by atoms with E-state index in [1.165, 1.54) is 37.7 Å². The number of hydrogen-bond acceptors (Lipinski definition) is 5. The number of aromatic nitrogens is 2. The third-order valence-corrected chi connectivity index (χ3v) is 4.19. The molecule has 1 N–H and O–H groups in total. The number of nitrogens with zero attached hydrogens (tertiary/aromatic N) is 2. The first-order valence-corrected chi connectivity index (χ1v) is 7.51. The molecule has 0 saturated heterocycles. The van der Waals surface area contributed by atoms with Crippen LogP contribution in [0.5, 0.6) is 5.75 Å². The lowest BCUT2D eigenvalue weighted by atomic mass is 10.3. The molecule has 0 aliphatic heterocycles. The Hall–Kier alpha value is -1.57. The molecular weight excluding hydrogens is 325 g/mol. The standard InChI is InChI=1S/C11H9Cl2N3O3S/c1-19-8-6-7(12)2-3-9(8)20(17,18)16-11-10(13)14-4-5-15-11/h2-6H,1H3,(H,15,16). The molecule has 0 radical (unpaired) electrons. The van der Waals surface area contributed by atoms with Gasteiger partial charge in [-0.1, -0.05) is 23.2 Å². The van der Waals surface area contributed by atoms with Crippen molar-refractivity contribution in [2.24, 2.45) is 0 Å². The Morgan fingerprint density at radius 1 is 1.20 bits per heavy atom. The van der Waals surface area contributed by atoms with Gasteiger partial charge in [0, 0.05) is 23.5 Å². The van der Waals surface area contributed by atoms with Crippen molar-refractivity contribution in [1.29, 1.82) is 0 Å². The zero-order chi connectivity index (χ0) is 14.8. The molecule has 0 aliphatic rings. The molecule has 20 heavy (non-hydrogen) atoms. The summed E-state index contributed by atoms with van der Waals surface area (Å²) in [5, 5.41) is 0.308. The van der Waals surface area contributed by atoms with E-state index in [0.29, 0.717) is 5.02 Å². The van der Waals surface area contributed by atoms with E-state index in [4.69, 9.17) is 27.9 Å². The molecule has 0 saturated carbocycles. The van der Waals surface area contributed by atoms with E-state index in [-0.39, 0.29) is 21.6 Å². The molecule has 0 fully saturated rings. The van der Waals surface area contributed by atoms with Crippen LogP contribution in [0.1, 0.15) is 0 Å². The summed E-state index contributed by atoms with van der Waals surface area (Å²) in [4.78, 5) is 7.47. The molecule has 0 aliphatic carbocycles. The number of halogens is 2. The maximum Gasteiger partial charge on any atom is 0.266 e. The fraction of sp³-hybridized carbons (Fsp3) is 0.0909. The van der Waals surface area contributed by atoms with Crippen molar-refractivity contribution in [3.63, 3.8) is 0 Å². The molecular formula is C11H9Cl2N3O3S. The maximum atomic E-state index is 12.3. The summed E-state index contributed by atoms with van der Waals surface area (Å²) in [7, 11) is -2.57. The van der Waals surface area contributed by atoms with E-state index < -0.39 is 10.0 Å². The van der Waals surface area contributed by atoms with Crippen LogP contribution in [0, 0.1) is 0 Å². The molecule has 2 rings (SSSR count). The van der Waals surface area contributed by atoms with Crippen LogP contribution < -0.4 is 9.46 Å². The van der Waals surface area contributed by atoms with Crippen molar-refractivity contribution in [3.05, 3.63) is 40.8 Å².